The van der Waals surface area contributed by atoms with Crippen LogP contribution in [-0.4, -0.2) is 41.1 Å². The Morgan fingerprint density at radius 1 is 1.26 bits per heavy atom. The molecule has 0 bridgehead atoms. The van der Waals surface area contributed by atoms with Crippen molar-refractivity contribution >= 4 is 17.0 Å². The fraction of sp³-hybridized carbons (Fsp3) is 0.619. The van der Waals surface area contributed by atoms with E-state index in [9.17, 15) is 9.59 Å². The molecule has 1 saturated heterocycles. The number of rotatable bonds is 7. The van der Waals surface area contributed by atoms with E-state index in [1.54, 1.807) is 10.6 Å². The van der Waals surface area contributed by atoms with Crippen LogP contribution in [0, 0.1) is 11.8 Å². The second-order valence-corrected chi connectivity index (χ2v) is 8.22. The zero-order chi connectivity index (χ0) is 19.4. The minimum absolute atomic E-state index is 0.0430. The predicted octanol–water partition coefficient (Wildman–Crippen LogP) is 2.86. The Morgan fingerprint density at radius 2 is 1.96 bits per heavy atom. The van der Waals surface area contributed by atoms with E-state index in [-0.39, 0.29) is 17.7 Å². The van der Waals surface area contributed by atoms with Gasteiger partial charge in [-0.3, -0.25) is 9.36 Å². The van der Waals surface area contributed by atoms with Gasteiger partial charge in [-0.15, -0.1) is 0 Å². The first-order valence-electron chi connectivity index (χ1n) is 10.0. The largest absolute Gasteiger partial charge is 0.419 e. The summed E-state index contributed by atoms with van der Waals surface area (Å²) < 4.78 is 6.82. The third-order valence-corrected chi connectivity index (χ3v) is 5.24. The van der Waals surface area contributed by atoms with Gasteiger partial charge >= 0.3 is 5.76 Å². The summed E-state index contributed by atoms with van der Waals surface area (Å²) in [6.07, 6.45) is 2.31. The van der Waals surface area contributed by atoms with E-state index in [0.717, 1.165) is 37.0 Å². The van der Waals surface area contributed by atoms with E-state index >= 15 is 0 Å². The molecule has 1 N–H and O–H groups in total. The first-order valence-corrected chi connectivity index (χ1v) is 10.0. The number of fused-ring (bicyclic) bond motifs is 1. The first kappa shape index (κ1) is 19.7. The lowest BCUT2D eigenvalue weighted by molar-refractivity contribution is -0.122. The molecule has 1 aliphatic rings. The van der Waals surface area contributed by atoms with Crippen molar-refractivity contribution in [3.63, 3.8) is 0 Å². The maximum atomic E-state index is 12.3. The Morgan fingerprint density at radius 3 is 2.70 bits per heavy atom. The van der Waals surface area contributed by atoms with Crippen LogP contribution in [0.2, 0.25) is 0 Å². The predicted molar refractivity (Wildman–Crippen MR) is 107 cm³/mol. The molecule has 27 heavy (non-hydrogen) atoms. The number of carbonyl (C=O) groups excluding carboxylic acids is 1. The normalized spacial score (nSPS) is 22.0. The molecule has 6 nitrogen and oxygen atoms in total. The number of para-hydroxylation sites is 2. The van der Waals surface area contributed by atoms with E-state index < -0.39 is 0 Å². The second-order valence-electron chi connectivity index (χ2n) is 8.22. The highest BCUT2D eigenvalue weighted by Crippen LogP contribution is 2.20. The van der Waals surface area contributed by atoms with Gasteiger partial charge in [-0.2, -0.15) is 0 Å². The van der Waals surface area contributed by atoms with Crippen molar-refractivity contribution in [2.24, 2.45) is 11.8 Å². The number of piperidine rings is 1. The van der Waals surface area contributed by atoms with E-state index in [1.165, 1.54) is 6.42 Å². The van der Waals surface area contributed by atoms with Crippen LogP contribution in [0.5, 0.6) is 0 Å². The zero-order valence-electron chi connectivity index (χ0n) is 16.6. The average Bonchev–Trinajstić information content (AvgIpc) is 2.89. The van der Waals surface area contributed by atoms with Crippen molar-refractivity contribution < 1.29 is 9.21 Å². The van der Waals surface area contributed by atoms with Crippen LogP contribution in [0.3, 0.4) is 0 Å². The van der Waals surface area contributed by atoms with Crippen LogP contribution in [0.4, 0.5) is 0 Å². The Kier molecular flexibility index (Phi) is 6.37. The van der Waals surface area contributed by atoms with Gasteiger partial charge in [0.2, 0.25) is 5.91 Å². The molecule has 2 heterocycles. The van der Waals surface area contributed by atoms with Crippen molar-refractivity contribution in [1.82, 2.24) is 14.8 Å². The molecule has 0 saturated carbocycles. The molecule has 3 unspecified atom stereocenters. The number of amides is 1. The standard InChI is InChI=1S/C21H31N3O3/c1-15-11-16(2)13-23(12-15)14-17(3)22-20(25)9-6-10-24-18-7-4-5-8-19(18)27-21(24)26/h4-5,7-8,15-17H,6,9-14H2,1-3H3,(H,22,25). The summed E-state index contributed by atoms with van der Waals surface area (Å²) in [5.74, 6) is 1.12. The molecular weight excluding hydrogens is 342 g/mol. The number of benzene rings is 1. The number of oxazole rings is 1. The highest BCUT2D eigenvalue weighted by Gasteiger charge is 2.23. The number of hydrogen-bond donors (Lipinski definition) is 1. The molecule has 1 fully saturated rings. The van der Waals surface area contributed by atoms with E-state index in [0.29, 0.717) is 25.0 Å². The summed E-state index contributed by atoms with van der Waals surface area (Å²) in [5.41, 5.74) is 1.37. The lowest BCUT2D eigenvalue weighted by atomic mass is 9.92. The number of nitrogens with zero attached hydrogens (tertiary/aromatic N) is 2. The van der Waals surface area contributed by atoms with Gasteiger partial charge in [-0.25, -0.2) is 4.79 Å². The molecule has 3 rings (SSSR count). The summed E-state index contributed by atoms with van der Waals surface area (Å²) in [6.45, 7) is 10.3. The van der Waals surface area contributed by atoms with E-state index in [2.05, 4.69) is 31.0 Å². The van der Waals surface area contributed by atoms with Crippen LogP contribution in [-0.2, 0) is 11.3 Å². The molecule has 6 heteroatoms. The van der Waals surface area contributed by atoms with Crippen molar-refractivity contribution in [1.29, 1.82) is 0 Å². The lowest BCUT2D eigenvalue weighted by Crippen LogP contribution is -2.47. The van der Waals surface area contributed by atoms with Gasteiger partial charge in [0.1, 0.15) is 0 Å². The Hall–Kier alpha value is -2.08. The Bertz CT molecular complexity index is 815. The second kappa shape index (κ2) is 8.74. The molecule has 2 aromatic rings. The quantitative estimate of drug-likeness (QED) is 0.810. The summed E-state index contributed by atoms with van der Waals surface area (Å²) in [7, 11) is 0. The number of nitrogens with one attached hydrogen (secondary N) is 1. The molecule has 1 aliphatic heterocycles. The summed E-state index contributed by atoms with van der Waals surface area (Å²) >= 11 is 0. The summed E-state index contributed by atoms with van der Waals surface area (Å²) in [5, 5.41) is 3.10. The van der Waals surface area contributed by atoms with Crippen LogP contribution < -0.4 is 11.1 Å². The van der Waals surface area contributed by atoms with Crippen molar-refractivity contribution in [2.75, 3.05) is 19.6 Å². The van der Waals surface area contributed by atoms with Gasteiger partial charge in [0, 0.05) is 38.6 Å². The van der Waals surface area contributed by atoms with Gasteiger partial charge in [0.05, 0.1) is 5.52 Å². The molecule has 1 amide bonds. The third-order valence-electron chi connectivity index (χ3n) is 5.24. The molecule has 1 aromatic carbocycles. The van der Waals surface area contributed by atoms with Gasteiger partial charge in [-0.05, 0) is 43.7 Å². The molecule has 0 radical (unpaired) electrons. The number of carbonyl (C=O) groups is 1. The SMILES string of the molecule is CC1CC(C)CN(CC(C)NC(=O)CCCn2c(=O)oc3ccccc32)C1. The molecule has 148 valence electrons. The molecule has 1 aromatic heterocycles. The fourth-order valence-electron chi connectivity index (χ4n) is 4.34. The lowest BCUT2D eigenvalue weighted by Gasteiger charge is -2.36. The Labute approximate surface area is 160 Å². The van der Waals surface area contributed by atoms with Gasteiger partial charge in [0.15, 0.2) is 5.58 Å². The molecule has 0 spiro atoms. The van der Waals surface area contributed by atoms with Crippen molar-refractivity contribution in [3.05, 3.63) is 34.8 Å². The number of likely N-dealkylation sites (tertiary alicyclic amines) is 1. The van der Waals surface area contributed by atoms with Crippen LogP contribution in [0.1, 0.15) is 40.0 Å². The van der Waals surface area contributed by atoms with Crippen LogP contribution in [0.25, 0.3) is 11.1 Å². The van der Waals surface area contributed by atoms with E-state index in [4.69, 9.17) is 4.42 Å². The average molecular weight is 373 g/mol. The van der Waals surface area contributed by atoms with Crippen molar-refractivity contribution in [3.8, 4) is 0 Å². The van der Waals surface area contributed by atoms with Gasteiger partial charge in [0.25, 0.3) is 0 Å². The number of hydrogen-bond acceptors (Lipinski definition) is 4. The highest BCUT2D eigenvalue weighted by atomic mass is 16.4. The van der Waals surface area contributed by atoms with Gasteiger partial charge in [-0.1, -0.05) is 26.0 Å². The smallest absolute Gasteiger partial charge is 0.408 e. The van der Waals surface area contributed by atoms with Crippen LogP contribution in [0.15, 0.2) is 33.5 Å². The molecule has 0 aliphatic carbocycles. The first-order chi connectivity index (χ1) is 12.9. The zero-order valence-corrected chi connectivity index (χ0v) is 16.6. The maximum Gasteiger partial charge on any atom is 0.419 e. The van der Waals surface area contributed by atoms with Gasteiger partial charge < -0.3 is 14.6 Å². The molecule has 3 atom stereocenters. The number of aromatic nitrogens is 1. The minimum atomic E-state index is -0.363. The van der Waals surface area contributed by atoms with E-state index in [1.807, 2.05) is 18.2 Å². The molecular formula is C21H31N3O3. The third kappa shape index (κ3) is 5.22. The maximum absolute atomic E-state index is 12.3. The minimum Gasteiger partial charge on any atom is -0.408 e. The fourth-order valence-corrected chi connectivity index (χ4v) is 4.34. The monoisotopic (exact) mass is 373 g/mol. The Balaban J connectivity index is 1.44. The summed E-state index contributed by atoms with van der Waals surface area (Å²) in [6, 6.07) is 7.50. The summed E-state index contributed by atoms with van der Waals surface area (Å²) in [4.78, 5) is 26.7. The topological polar surface area (TPSA) is 67.5 Å². The van der Waals surface area contributed by atoms with Crippen molar-refractivity contribution in [2.45, 2.75) is 52.6 Å². The highest BCUT2D eigenvalue weighted by molar-refractivity contribution is 5.76. The number of aryl methyl sites for hydroxylation is 1. The van der Waals surface area contributed by atoms with Crippen LogP contribution >= 0.6 is 0 Å².